The Bertz CT molecular complexity index is 1200. The Morgan fingerprint density at radius 1 is 1.15 bits per heavy atom. The lowest BCUT2D eigenvalue weighted by Crippen LogP contribution is -2.40. The number of nitrogens with one attached hydrogen (secondary N) is 1. The molecule has 2 aliphatic rings. The number of carbonyl (C=O) groups is 2. The molecule has 0 unspecified atom stereocenters. The molecular formula is C24H28ClN3O4S. The van der Waals surface area contributed by atoms with Gasteiger partial charge in [0.15, 0.2) is 0 Å². The molecule has 1 saturated heterocycles. The fourth-order valence-corrected chi connectivity index (χ4v) is 6.10. The Hall–Kier alpha value is -2.42. The van der Waals surface area contributed by atoms with E-state index in [2.05, 4.69) is 12.2 Å². The lowest BCUT2D eigenvalue weighted by molar-refractivity contribution is -0.124. The summed E-state index contributed by atoms with van der Waals surface area (Å²) in [6, 6.07) is 11.5. The second-order valence-electron chi connectivity index (χ2n) is 9.34. The normalized spacial score (nSPS) is 18.9. The Morgan fingerprint density at radius 2 is 1.85 bits per heavy atom. The Kier molecular flexibility index (Phi) is 6.28. The zero-order valence-electron chi connectivity index (χ0n) is 19.0. The summed E-state index contributed by atoms with van der Waals surface area (Å²) in [7, 11) is -3.65. The van der Waals surface area contributed by atoms with Gasteiger partial charge in [-0.2, -0.15) is 4.31 Å². The third-order valence-electron chi connectivity index (χ3n) is 6.50. The molecule has 33 heavy (non-hydrogen) atoms. The van der Waals surface area contributed by atoms with Gasteiger partial charge < -0.3 is 10.2 Å². The molecule has 1 fully saturated rings. The molecule has 0 saturated carbocycles. The molecule has 0 aromatic heterocycles. The van der Waals surface area contributed by atoms with Crippen molar-refractivity contribution in [2.45, 2.75) is 43.9 Å². The standard InChI is InChI=1S/C24H28ClN3O4S/c1-16-9-11-27(12-10-16)33(31,32)19-7-8-21-20(14-19)24(2,3)23(30)28(21)15-22(29)26-18-6-4-5-17(25)13-18/h4-8,13-14,16H,9-12,15H2,1-3H3,(H,26,29). The van der Waals surface area contributed by atoms with Crippen LogP contribution in [0.15, 0.2) is 47.4 Å². The van der Waals surface area contributed by atoms with Gasteiger partial charge in [-0.05, 0) is 74.6 Å². The third-order valence-corrected chi connectivity index (χ3v) is 8.63. The van der Waals surface area contributed by atoms with Crippen molar-refractivity contribution in [2.75, 3.05) is 29.9 Å². The molecule has 0 radical (unpaired) electrons. The summed E-state index contributed by atoms with van der Waals surface area (Å²) in [6.07, 6.45) is 1.67. The van der Waals surface area contributed by atoms with Crippen molar-refractivity contribution in [1.82, 2.24) is 4.31 Å². The van der Waals surface area contributed by atoms with Crippen LogP contribution in [0, 0.1) is 5.92 Å². The predicted molar refractivity (Wildman–Crippen MR) is 129 cm³/mol. The number of halogens is 1. The van der Waals surface area contributed by atoms with E-state index in [1.165, 1.54) is 15.3 Å². The molecule has 0 atom stereocenters. The average molecular weight is 490 g/mol. The van der Waals surface area contributed by atoms with Crippen molar-refractivity contribution < 1.29 is 18.0 Å². The first-order valence-corrected chi connectivity index (χ1v) is 12.8. The van der Waals surface area contributed by atoms with Gasteiger partial charge in [0.2, 0.25) is 21.8 Å². The first-order chi connectivity index (χ1) is 15.5. The highest BCUT2D eigenvalue weighted by molar-refractivity contribution is 7.89. The number of nitrogens with zero attached hydrogens (tertiary/aromatic N) is 2. The van der Waals surface area contributed by atoms with Crippen molar-refractivity contribution in [3.8, 4) is 0 Å². The summed E-state index contributed by atoms with van der Waals surface area (Å²) < 4.78 is 28.0. The van der Waals surface area contributed by atoms with Crippen LogP contribution >= 0.6 is 11.6 Å². The van der Waals surface area contributed by atoms with Crippen LogP contribution in [0.25, 0.3) is 0 Å². The highest BCUT2D eigenvalue weighted by Gasteiger charge is 2.45. The van der Waals surface area contributed by atoms with Crippen molar-refractivity contribution in [3.05, 3.63) is 53.1 Å². The van der Waals surface area contributed by atoms with Gasteiger partial charge >= 0.3 is 0 Å². The molecule has 1 N–H and O–H groups in total. The summed E-state index contributed by atoms with van der Waals surface area (Å²) in [4.78, 5) is 27.4. The maximum absolute atomic E-state index is 13.2. The molecule has 0 spiro atoms. The van der Waals surface area contributed by atoms with Crippen LogP contribution in [0.2, 0.25) is 5.02 Å². The quantitative estimate of drug-likeness (QED) is 0.687. The molecule has 0 aliphatic carbocycles. The van der Waals surface area contributed by atoms with E-state index in [9.17, 15) is 18.0 Å². The number of hydrogen-bond donors (Lipinski definition) is 1. The minimum atomic E-state index is -3.65. The molecule has 176 valence electrons. The predicted octanol–water partition coefficient (Wildman–Crippen LogP) is 4.02. The van der Waals surface area contributed by atoms with Gasteiger partial charge in [0, 0.05) is 29.5 Å². The molecule has 2 heterocycles. The molecule has 2 aromatic carbocycles. The SMILES string of the molecule is CC1CCN(S(=O)(=O)c2ccc3c(c2)C(C)(C)C(=O)N3CC(=O)Nc2cccc(Cl)c2)CC1. The number of anilines is 2. The third kappa shape index (κ3) is 4.52. The Balaban J connectivity index is 1.59. The number of hydrogen-bond acceptors (Lipinski definition) is 4. The average Bonchev–Trinajstić information content (AvgIpc) is 2.94. The Labute approximate surface area is 199 Å². The van der Waals surface area contributed by atoms with Crippen LogP contribution in [0.5, 0.6) is 0 Å². The summed E-state index contributed by atoms with van der Waals surface area (Å²) in [6.45, 7) is 6.45. The molecule has 4 rings (SSSR count). The molecular weight excluding hydrogens is 462 g/mol. The van der Waals surface area contributed by atoms with Gasteiger partial charge in [0.1, 0.15) is 6.54 Å². The van der Waals surface area contributed by atoms with Crippen LogP contribution in [-0.4, -0.2) is 44.2 Å². The van der Waals surface area contributed by atoms with E-state index in [-0.39, 0.29) is 23.3 Å². The van der Waals surface area contributed by atoms with E-state index in [1.54, 1.807) is 50.2 Å². The van der Waals surface area contributed by atoms with E-state index < -0.39 is 15.4 Å². The topological polar surface area (TPSA) is 86.8 Å². The van der Waals surface area contributed by atoms with Crippen LogP contribution in [-0.2, 0) is 25.0 Å². The minimum Gasteiger partial charge on any atom is -0.324 e. The molecule has 2 aliphatic heterocycles. The fourth-order valence-electron chi connectivity index (χ4n) is 4.42. The van der Waals surface area contributed by atoms with Crippen LogP contribution in [0.1, 0.15) is 39.2 Å². The molecule has 2 amide bonds. The van der Waals surface area contributed by atoms with Crippen LogP contribution in [0.3, 0.4) is 0 Å². The Morgan fingerprint density at radius 3 is 2.52 bits per heavy atom. The maximum atomic E-state index is 13.2. The second-order valence-corrected chi connectivity index (χ2v) is 11.7. The minimum absolute atomic E-state index is 0.182. The van der Waals surface area contributed by atoms with E-state index in [0.717, 1.165) is 12.8 Å². The van der Waals surface area contributed by atoms with E-state index in [1.807, 2.05) is 0 Å². The number of piperidine rings is 1. The summed E-state index contributed by atoms with van der Waals surface area (Å²) in [5.74, 6) is -0.104. The van der Waals surface area contributed by atoms with Crippen LogP contribution < -0.4 is 10.2 Å². The number of carbonyl (C=O) groups excluding carboxylic acids is 2. The molecule has 2 aromatic rings. The summed E-state index contributed by atoms with van der Waals surface area (Å²) >= 11 is 5.97. The van der Waals surface area contributed by atoms with Gasteiger partial charge in [-0.1, -0.05) is 24.6 Å². The van der Waals surface area contributed by atoms with Crippen molar-refractivity contribution in [3.63, 3.8) is 0 Å². The monoisotopic (exact) mass is 489 g/mol. The van der Waals surface area contributed by atoms with Crippen molar-refractivity contribution in [1.29, 1.82) is 0 Å². The number of amides is 2. The highest BCUT2D eigenvalue weighted by Crippen LogP contribution is 2.43. The van der Waals surface area contributed by atoms with Gasteiger partial charge in [-0.25, -0.2) is 8.42 Å². The largest absolute Gasteiger partial charge is 0.324 e. The number of fused-ring (bicyclic) bond motifs is 1. The number of sulfonamides is 1. The fraction of sp³-hybridized carbons (Fsp3) is 0.417. The van der Waals surface area contributed by atoms with Gasteiger partial charge in [0.05, 0.1) is 10.3 Å². The molecule has 9 heteroatoms. The lowest BCUT2D eigenvalue weighted by atomic mass is 9.86. The first kappa shape index (κ1) is 23.7. The van der Waals surface area contributed by atoms with Crippen molar-refractivity contribution >= 4 is 44.8 Å². The highest BCUT2D eigenvalue weighted by atomic mass is 35.5. The van der Waals surface area contributed by atoms with Gasteiger partial charge in [-0.15, -0.1) is 0 Å². The van der Waals surface area contributed by atoms with Gasteiger partial charge in [0.25, 0.3) is 0 Å². The summed E-state index contributed by atoms with van der Waals surface area (Å²) in [5.41, 5.74) is 0.746. The second kappa shape index (κ2) is 8.74. The lowest BCUT2D eigenvalue weighted by Gasteiger charge is -2.29. The first-order valence-electron chi connectivity index (χ1n) is 11.0. The van der Waals surface area contributed by atoms with E-state index >= 15 is 0 Å². The number of benzene rings is 2. The number of rotatable bonds is 5. The van der Waals surface area contributed by atoms with Crippen LogP contribution in [0.4, 0.5) is 11.4 Å². The molecule has 0 bridgehead atoms. The van der Waals surface area contributed by atoms with E-state index in [0.29, 0.717) is 41.0 Å². The maximum Gasteiger partial charge on any atom is 0.244 e. The smallest absolute Gasteiger partial charge is 0.244 e. The zero-order chi connectivity index (χ0) is 24.0. The van der Waals surface area contributed by atoms with Crippen molar-refractivity contribution in [2.24, 2.45) is 5.92 Å². The molecule has 7 nitrogen and oxygen atoms in total. The summed E-state index contributed by atoms with van der Waals surface area (Å²) in [5, 5.41) is 3.24. The zero-order valence-corrected chi connectivity index (χ0v) is 20.5. The van der Waals surface area contributed by atoms with E-state index in [4.69, 9.17) is 11.6 Å². The van der Waals surface area contributed by atoms with Gasteiger partial charge in [-0.3, -0.25) is 9.59 Å².